The normalized spacial score (nSPS) is 10.9. The van der Waals surface area contributed by atoms with Crippen LogP contribution in [0.25, 0.3) is 28.6 Å². The van der Waals surface area contributed by atoms with E-state index in [-0.39, 0.29) is 17.0 Å². The van der Waals surface area contributed by atoms with Gasteiger partial charge in [0.25, 0.3) is 11.4 Å². The van der Waals surface area contributed by atoms with Crippen molar-refractivity contribution in [2.24, 2.45) is 0 Å². The van der Waals surface area contributed by atoms with Gasteiger partial charge in [-0.1, -0.05) is 6.07 Å². The van der Waals surface area contributed by atoms with Crippen molar-refractivity contribution in [3.05, 3.63) is 65.2 Å². The van der Waals surface area contributed by atoms with Crippen LogP contribution in [0, 0.1) is 0 Å². The van der Waals surface area contributed by atoms with Gasteiger partial charge < -0.3 is 9.15 Å². The molecule has 4 aromatic rings. The fourth-order valence-electron chi connectivity index (χ4n) is 2.36. The van der Waals surface area contributed by atoms with E-state index >= 15 is 0 Å². The van der Waals surface area contributed by atoms with E-state index in [1.54, 1.807) is 37.6 Å². The zero-order chi connectivity index (χ0) is 16.5. The standard InChI is InChI=1S/C17H12N4O3/c1-23-12-7-5-11(6-8-12)15-19-20-16(24-15)13-10-18-14-4-2-3-9-21(14)17(13)22/h2-10H,1H3. The molecule has 0 aliphatic carbocycles. The summed E-state index contributed by atoms with van der Waals surface area (Å²) in [5.74, 6) is 1.19. The number of fused-ring (bicyclic) bond motifs is 1. The summed E-state index contributed by atoms with van der Waals surface area (Å²) in [4.78, 5) is 16.8. The highest BCUT2D eigenvalue weighted by molar-refractivity contribution is 5.58. The van der Waals surface area contributed by atoms with Crippen LogP contribution in [0.1, 0.15) is 0 Å². The van der Waals surface area contributed by atoms with E-state index in [1.165, 1.54) is 10.6 Å². The van der Waals surface area contributed by atoms with Crippen molar-refractivity contribution >= 4 is 5.65 Å². The first-order chi connectivity index (χ1) is 11.8. The second-order valence-corrected chi connectivity index (χ2v) is 5.05. The molecule has 0 saturated carbocycles. The predicted molar refractivity (Wildman–Crippen MR) is 86.7 cm³/mol. The Bertz CT molecular complexity index is 1070. The maximum atomic E-state index is 12.5. The van der Waals surface area contributed by atoms with Crippen LogP contribution >= 0.6 is 0 Å². The summed E-state index contributed by atoms with van der Waals surface area (Å²) in [6.07, 6.45) is 3.10. The Morgan fingerprint density at radius 2 is 1.83 bits per heavy atom. The van der Waals surface area contributed by atoms with Crippen LogP contribution in [0.2, 0.25) is 0 Å². The lowest BCUT2D eigenvalue weighted by Gasteiger charge is -2.00. The fourth-order valence-corrected chi connectivity index (χ4v) is 2.36. The van der Waals surface area contributed by atoms with Gasteiger partial charge in [-0.3, -0.25) is 9.20 Å². The first kappa shape index (κ1) is 14.1. The summed E-state index contributed by atoms with van der Waals surface area (Å²) in [5, 5.41) is 7.98. The molecule has 0 radical (unpaired) electrons. The van der Waals surface area contributed by atoms with Crippen molar-refractivity contribution in [2.75, 3.05) is 7.11 Å². The van der Waals surface area contributed by atoms with Crippen LogP contribution in [-0.4, -0.2) is 26.7 Å². The van der Waals surface area contributed by atoms with Gasteiger partial charge in [0.1, 0.15) is 17.0 Å². The molecule has 0 unspecified atom stereocenters. The SMILES string of the molecule is COc1ccc(-c2nnc(-c3cnc4ccccn4c3=O)o2)cc1. The summed E-state index contributed by atoms with van der Waals surface area (Å²) < 4.78 is 12.2. The van der Waals surface area contributed by atoms with Gasteiger partial charge in [0.15, 0.2) is 0 Å². The zero-order valence-corrected chi connectivity index (χ0v) is 12.7. The average Bonchev–Trinajstić information content (AvgIpc) is 3.12. The smallest absolute Gasteiger partial charge is 0.270 e. The molecule has 7 heteroatoms. The van der Waals surface area contributed by atoms with Gasteiger partial charge in [0, 0.05) is 18.0 Å². The maximum absolute atomic E-state index is 12.5. The van der Waals surface area contributed by atoms with Crippen molar-refractivity contribution < 1.29 is 9.15 Å². The van der Waals surface area contributed by atoms with Crippen molar-refractivity contribution in [2.45, 2.75) is 0 Å². The Labute approximate surface area is 136 Å². The summed E-state index contributed by atoms with van der Waals surface area (Å²) in [7, 11) is 1.60. The molecular weight excluding hydrogens is 308 g/mol. The Morgan fingerprint density at radius 3 is 2.62 bits per heavy atom. The van der Waals surface area contributed by atoms with Gasteiger partial charge in [0.2, 0.25) is 5.89 Å². The quantitative estimate of drug-likeness (QED) is 0.576. The van der Waals surface area contributed by atoms with Crippen LogP contribution in [0.15, 0.2) is 64.1 Å². The van der Waals surface area contributed by atoms with Crippen molar-refractivity contribution in [3.8, 4) is 28.7 Å². The summed E-state index contributed by atoms with van der Waals surface area (Å²) in [6, 6.07) is 12.5. The number of methoxy groups -OCH3 is 1. The molecule has 4 rings (SSSR count). The van der Waals surface area contributed by atoms with Gasteiger partial charge in [-0.25, -0.2) is 4.98 Å². The largest absolute Gasteiger partial charge is 0.497 e. The molecule has 0 fully saturated rings. The van der Waals surface area contributed by atoms with E-state index in [4.69, 9.17) is 9.15 Å². The first-order valence-electron chi connectivity index (χ1n) is 7.21. The molecule has 0 aliphatic rings. The van der Waals surface area contributed by atoms with Crippen LogP contribution in [0.5, 0.6) is 5.75 Å². The molecule has 0 spiro atoms. The lowest BCUT2D eigenvalue weighted by atomic mass is 10.2. The lowest BCUT2D eigenvalue weighted by Crippen LogP contribution is -2.16. The van der Waals surface area contributed by atoms with E-state index in [1.807, 2.05) is 18.2 Å². The third kappa shape index (κ3) is 2.32. The minimum absolute atomic E-state index is 0.136. The molecule has 3 aromatic heterocycles. The molecule has 0 bridgehead atoms. The molecule has 118 valence electrons. The first-order valence-corrected chi connectivity index (χ1v) is 7.21. The second kappa shape index (κ2) is 5.62. The van der Waals surface area contributed by atoms with Gasteiger partial charge in [0.05, 0.1) is 7.11 Å². The molecule has 3 heterocycles. The summed E-state index contributed by atoms with van der Waals surface area (Å²) >= 11 is 0. The Balaban J connectivity index is 1.77. The topological polar surface area (TPSA) is 82.5 Å². The van der Waals surface area contributed by atoms with Gasteiger partial charge in [-0.15, -0.1) is 10.2 Å². The zero-order valence-electron chi connectivity index (χ0n) is 12.7. The number of hydrogen-bond acceptors (Lipinski definition) is 6. The Morgan fingerprint density at radius 1 is 1.04 bits per heavy atom. The second-order valence-electron chi connectivity index (χ2n) is 5.05. The number of rotatable bonds is 3. The minimum Gasteiger partial charge on any atom is -0.497 e. The third-order valence-electron chi connectivity index (χ3n) is 3.61. The molecule has 0 N–H and O–H groups in total. The molecular formula is C17H12N4O3. The molecule has 24 heavy (non-hydrogen) atoms. The monoisotopic (exact) mass is 320 g/mol. The van der Waals surface area contributed by atoms with Gasteiger partial charge in [-0.2, -0.15) is 0 Å². The van der Waals surface area contributed by atoms with E-state index in [9.17, 15) is 4.79 Å². The number of nitrogens with zero attached hydrogens (tertiary/aromatic N) is 4. The van der Waals surface area contributed by atoms with Crippen LogP contribution in [0.4, 0.5) is 0 Å². The number of hydrogen-bond donors (Lipinski definition) is 0. The van der Waals surface area contributed by atoms with Crippen LogP contribution < -0.4 is 10.3 Å². The van der Waals surface area contributed by atoms with E-state index in [0.29, 0.717) is 11.5 Å². The molecule has 0 aliphatic heterocycles. The molecule has 1 aromatic carbocycles. The van der Waals surface area contributed by atoms with Gasteiger partial charge >= 0.3 is 0 Å². The molecule has 0 saturated heterocycles. The summed E-state index contributed by atoms with van der Waals surface area (Å²) in [6.45, 7) is 0. The number of ether oxygens (including phenoxy) is 1. The van der Waals surface area contributed by atoms with Crippen molar-refractivity contribution in [1.82, 2.24) is 19.6 Å². The van der Waals surface area contributed by atoms with Crippen LogP contribution in [-0.2, 0) is 0 Å². The summed E-state index contributed by atoms with van der Waals surface area (Å²) in [5.41, 5.74) is 1.29. The Kier molecular flexibility index (Phi) is 3.31. The number of pyridine rings is 1. The van der Waals surface area contributed by atoms with Crippen molar-refractivity contribution in [3.63, 3.8) is 0 Å². The highest BCUT2D eigenvalue weighted by Gasteiger charge is 2.15. The Hall–Kier alpha value is -3.48. The minimum atomic E-state index is -0.259. The highest BCUT2D eigenvalue weighted by atomic mass is 16.5. The number of benzene rings is 1. The molecule has 0 atom stereocenters. The number of aromatic nitrogens is 4. The average molecular weight is 320 g/mol. The fraction of sp³-hybridized carbons (Fsp3) is 0.0588. The van der Waals surface area contributed by atoms with E-state index < -0.39 is 0 Å². The lowest BCUT2D eigenvalue weighted by molar-refractivity contribution is 0.415. The van der Waals surface area contributed by atoms with E-state index in [0.717, 1.165) is 11.3 Å². The van der Waals surface area contributed by atoms with Crippen LogP contribution in [0.3, 0.4) is 0 Å². The van der Waals surface area contributed by atoms with E-state index in [2.05, 4.69) is 15.2 Å². The maximum Gasteiger partial charge on any atom is 0.270 e. The molecule has 7 nitrogen and oxygen atoms in total. The predicted octanol–water partition coefficient (Wildman–Crippen LogP) is 2.42. The molecule has 0 amide bonds. The highest BCUT2D eigenvalue weighted by Crippen LogP contribution is 2.23. The van der Waals surface area contributed by atoms with Crippen molar-refractivity contribution in [1.29, 1.82) is 0 Å². The van der Waals surface area contributed by atoms with Gasteiger partial charge in [-0.05, 0) is 36.4 Å². The third-order valence-corrected chi connectivity index (χ3v) is 3.61.